The van der Waals surface area contributed by atoms with Crippen molar-refractivity contribution in [3.63, 3.8) is 0 Å². The van der Waals surface area contributed by atoms with Gasteiger partial charge in [0.1, 0.15) is 12.7 Å². The van der Waals surface area contributed by atoms with Gasteiger partial charge in [-0.05, 0) is 17.7 Å². The Balaban J connectivity index is 2.29. The van der Waals surface area contributed by atoms with Crippen LogP contribution in [0.4, 0.5) is 0 Å². The van der Waals surface area contributed by atoms with Crippen LogP contribution in [-0.2, 0) is 0 Å². The third-order valence-electron chi connectivity index (χ3n) is 1.79. The summed E-state index contributed by atoms with van der Waals surface area (Å²) in [6, 6.07) is 3.10. The van der Waals surface area contributed by atoms with Crippen molar-refractivity contribution in [1.29, 1.82) is 0 Å². The van der Waals surface area contributed by atoms with Crippen molar-refractivity contribution in [3.05, 3.63) is 40.4 Å². The maximum Gasteiger partial charge on any atom is 0.152 e. The minimum atomic E-state index is -0.134. The molecule has 0 bridgehead atoms. The molecule has 0 unspecified atom stereocenters. The average molecular weight is 257 g/mol. The predicted molar refractivity (Wildman–Crippen MR) is 61.1 cm³/mol. The van der Waals surface area contributed by atoms with Gasteiger partial charge in [-0.15, -0.1) is 10.2 Å². The number of halogens is 2. The van der Waals surface area contributed by atoms with Gasteiger partial charge in [0.15, 0.2) is 5.75 Å². The molecule has 5 nitrogen and oxygen atoms in total. The normalized spacial score (nSPS) is 11.1. The standard InChI is InChI=1S/C9H6Cl2N4O/c10-7-1-6(2-8(11)9(7)16)3-14-15-4-12-13-5-15/h1-5,16H/b14-3+. The molecule has 1 heterocycles. The van der Waals surface area contributed by atoms with Crippen molar-refractivity contribution >= 4 is 29.4 Å². The summed E-state index contributed by atoms with van der Waals surface area (Å²) in [4.78, 5) is 0. The molecule has 1 aromatic carbocycles. The van der Waals surface area contributed by atoms with Crippen LogP contribution in [-0.4, -0.2) is 26.2 Å². The van der Waals surface area contributed by atoms with E-state index in [-0.39, 0.29) is 15.8 Å². The molecule has 0 amide bonds. The number of hydrogen-bond acceptors (Lipinski definition) is 4. The third-order valence-corrected chi connectivity index (χ3v) is 2.36. The average Bonchev–Trinajstić information content (AvgIpc) is 2.75. The molecule has 1 aromatic heterocycles. The van der Waals surface area contributed by atoms with Crippen molar-refractivity contribution in [2.45, 2.75) is 0 Å². The van der Waals surface area contributed by atoms with Crippen molar-refractivity contribution in [2.75, 3.05) is 0 Å². The Morgan fingerprint density at radius 2 is 1.75 bits per heavy atom. The molecule has 2 rings (SSSR count). The lowest BCUT2D eigenvalue weighted by molar-refractivity contribution is 0.476. The first kappa shape index (κ1) is 10.9. The minimum absolute atomic E-state index is 0.134. The molecule has 1 N–H and O–H groups in total. The number of hydrogen-bond donors (Lipinski definition) is 1. The second-order valence-corrected chi connectivity index (χ2v) is 3.73. The van der Waals surface area contributed by atoms with Crippen LogP contribution in [0.3, 0.4) is 0 Å². The molecule has 0 atom stereocenters. The molecule has 0 aliphatic carbocycles. The highest BCUT2D eigenvalue weighted by Gasteiger charge is 2.05. The number of aromatic hydroxyl groups is 1. The smallest absolute Gasteiger partial charge is 0.152 e. The molecule has 0 spiro atoms. The van der Waals surface area contributed by atoms with Gasteiger partial charge in [-0.1, -0.05) is 23.2 Å². The maximum absolute atomic E-state index is 9.35. The molecule has 0 aliphatic heterocycles. The van der Waals surface area contributed by atoms with Gasteiger partial charge in [-0.3, -0.25) is 0 Å². The van der Waals surface area contributed by atoms with Crippen molar-refractivity contribution in [1.82, 2.24) is 14.9 Å². The molecule has 0 fully saturated rings. The van der Waals surface area contributed by atoms with E-state index in [9.17, 15) is 5.11 Å². The molecule has 0 saturated carbocycles. The Bertz CT molecular complexity index is 501. The van der Waals surface area contributed by atoms with E-state index in [0.29, 0.717) is 5.56 Å². The highest BCUT2D eigenvalue weighted by atomic mass is 35.5. The molecule has 2 aromatic rings. The fourth-order valence-corrected chi connectivity index (χ4v) is 1.55. The fraction of sp³-hybridized carbons (Fsp3) is 0. The lowest BCUT2D eigenvalue weighted by atomic mass is 10.2. The topological polar surface area (TPSA) is 63.3 Å². The summed E-state index contributed by atoms with van der Waals surface area (Å²) in [6.45, 7) is 0. The van der Waals surface area contributed by atoms with Gasteiger partial charge in [-0.2, -0.15) is 5.10 Å². The van der Waals surface area contributed by atoms with Crippen LogP contribution in [0.2, 0.25) is 10.0 Å². The van der Waals surface area contributed by atoms with Crippen LogP contribution in [0.5, 0.6) is 5.75 Å². The first-order valence-electron chi connectivity index (χ1n) is 4.24. The molecule has 7 heteroatoms. The Morgan fingerprint density at radius 1 is 1.19 bits per heavy atom. The fourth-order valence-electron chi connectivity index (χ4n) is 1.05. The molecule has 0 saturated heterocycles. The number of phenols is 1. The third kappa shape index (κ3) is 2.32. The summed E-state index contributed by atoms with van der Waals surface area (Å²) in [6.07, 6.45) is 4.42. The summed E-state index contributed by atoms with van der Waals surface area (Å²) in [5.41, 5.74) is 0.668. The number of rotatable bonds is 2. The lowest BCUT2D eigenvalue weighted by Crippen LogP contribution is -1.88. The number of phenolic OH excluding ortho intramolecular Hbond substituents is 1. The van der Waals surface area contributed by atoms with E-state index >= 15 is 0 Å². The van der Waals surface area contributed by atoms with E-state index in [1.807, 2.05) is 0 Å². The maximum atomic E-state index is 9.35. The van der Waals surface area contributed by atoms with E-state index in [4.69, 9.17) is 23.2 Å². The molecule has 82 valence electrons. The van der Waals surface area contributed by atoms with Gasteiger partial charge in [0.2, 0.25) is 0 Å². The zero-order valence-corrected chi connectivity index (χ0v) is 9.39. The van der Waals surface area contributed by atoms with E-state index in [0.717, 1.165) is 0 Å². The van der Waals surface area contributed by atoms with Crippen LogP contribution in [0, 0.1) is 0 Å². The summed E-state index contributed by atoms with van der Waals surface area (Å²) in [7, 11) is 0. The summed E-state index contributed by atoms with van der Waals surface area (Å²) in [5.74, 6) is -0.134. The van der Waals surface area contributed by atoms with Crippen molar-refractivity contribution in [2.24, 2.45) is 5.10 Å². The minimum Gasteiger partial charge on any atom is -0.505 e. The zero-order chi connectivity index (χ0) is 11.5. The molecular formula is C9H6Cl2N4O. The van der Waals surface area contributed by atoms with Crippen LogP contribution in [0.25, 0.3) is 0 Å². The summed E-state index contributed by atoms with van der Waals surface area (Å²) < 4.78 is 1.43. The molecular weight excluding hydrogens is 251 g/mol. The highest BCUT2D eigenvalue weighted by Crippen LogP contribution is 2.32. The number of aromatic nitrogens is 3. The second-order valence-electron chi connectivity index (χ2n) is 2.92. The first-order chi connectivity index (χ1) is 7.66. The van der Waals surface area contributed by atoms with E-state index < -0.39 is 0 Å². The van der Waals surface area contributed by atoms with Crippen LogP contribution < -0.4 is 0 Å². The molecule has 0 radical (unpaired) electrons. The van der Waals surface area contributed by atoms with E-state index in [1.54, 1.807) is 12.1 Å². The van der Waals surface area contributed by atoms with E-state index in [2.05, 4.69) is 15.3 Å². The number of nitrogens with zero attached hydrogens (tertiary/aromatic N) is 4. The number of benzene rings is 1. The quantitative estimate of drug-likeness (QED) is 0.838. The first-order valence-corrected chi connectivity index (χ1v) is 4.99. The lowest BCUT2D eigenvalue weighted by Gasteiger charge is -2.00. The van der Waals surface area contributed by atoms with Gasteiger partial charge < -0.3 is 5.11 Å². The molecule has 0 aliphatic rings. The van der Waals surface area contributed by atoms with Crippen LogP contribution in [0.1, 0.15) is 5.56 Å². The summed E-state index contributed by atoms with van der Waals surface area (Å²) in [5, 5.41) is 20.9. The van der Waals surface area contributed by atoms with Gasteiger partial charge in [0.25, 0.3) is 0 Å². The Hall–Kier alpha value is -1.59. The zero-order valence-electron chi connectivity index (χ0n) is 7.88. The molecule has 16 heavy (non-hydrogen) atoms. The highest BCUT2D eigenvalue weighted by molar-refractivity contribution is 6.37. The monoisotopic (exact) mass is 256 g/mol. The van der Waals surface area contributed by atoms with Crippen molar-refractivity contribution in [3.8, 4) is 5.75 Å². The van der Waals surface area contributed by atoms with Crippen LogP contribution >= 0.6 is 23.2 Å². The summed E-state index contributed by atoms with van der Waals surface area (Å²) >= 11 is 11.5. The SMILES string of the molecule is Oc1c(Cl)cc(/C=N/n2cnnc2)cc1Cl. The predicted octanol–water partition coefficient (Wildman–Crippen LogP) is 2.17. The van der Waals surface area contributed by atoms with Crippen LogP contribution in [0.15, 0.2) is 29.9 Å². The van der Waals surface area contributed by atoms with Gasteiger partial charge in [0.05, 0.1) is 16.3 Å². The van der Waals surface area contributed by atoms with E-state index in [1.165, 1.54) is 23.5 Å². The van der Waals surface area contributed by atoms with Gasteiger partial charge in [0, 0.05) is 0 Å². The largest absolute Gasteiger partial charge is 0.505 e. The van der Waals surface area contributed by atoms with Crippen molar-refractivity contribution < 1.29 is 5.11 Å². The van der Waals surface area contributed by atoms with Gasteiger partial charge in [-0.25, -0.2) is 4.68 Å². The Kier molecular flexibility index (Phi) is 3.07. The second kappa shape index (κ2) is 4.51. The Morgan fingerprint density at radius 3 is 2.31 bits per heavy atom. The van der Waals surface area contributed by atoms with Gasteiger partial charge >= 0.3 is 0 Å². The Labute approximate surface area is 101 Å².